The van der Waals surface area contributed by atoms with Crippen LogP contribution in [0.5, 0.6) is 0 Å². The second-order valence-electron chi connectivity index (χ2n) is 5.31. The zero-order chi connectivity index (χ0) is 16.0. The molecule has 116 valence electrons. The van der Waals surface area contributed by atoms with Gasteiger partial charge in [0.2, 0.25) is 11.8 Å². The lowest BCUT2D eigenvalue weighted by atomic mass is 9.91. The first-order valence-corrected chi connectivity index (χ1v) is 7.59. The lowest BCUT2D eigenvalue weighted by Crippen LogP contribution is -2.45. The first kappa shape index (κ1) is 17.8. The highest BCUT2D eigenvalue weighted by Gasteiger charge is 2.36. The van der Waals surface area contributed by atoms with Crippen molar-refractivity contribution in [1.29, 1.82) is 0 Å². The van der Waals surface area contributed by atoms with Crippen molar-refractivity contribution in [3.63, 3.8) is 0 Å². The molecule has 2 N–H and O–H groups in total. The maximum atomic E-state index is 12.3. The molecule has 0 spiro atoms. The smallest absolute Gasteiger partial charge is 0.239 e. The largest absolute Gasteiger partial charge is 0.355 e. The Morgan fingerprint density at radius 1 is 1.19 bits per heavy atom. The third kappa shape index (κ3) is 4.90. The number of hydrogen-bond acceptors (Lipinski definition) is 2. The van der Waals surface area contributed by atoms with E-state index in [0.717, 1.165) is 12.8 Å². The Kier molecular flexibility index (Phi) is 6.49. The van der Waals surface area contributed by atoms with Crippen molar-refractivity contribution >= 4 is 40.7 Å². The minimum absolute atomic E-state index is 0.313. The number of rotatable bonds is 6. The third-order valence-corrected chi connectivity index (χ3v) is 3.69. The van der Waals surface area contributed by atoms with Crippen molar-refractivity contribution in [2.75, 3.05) is 11.9 Å². The number of carbonyl (C=O) groups is 2. The van der Waals surface area contributed by atoms with Crippen LogP contribution in [-0.2, 0) is 9.59 Å². The van der Waals surface area contributed by atoms with Gasteiger partial charge in [0, 0.05) is 11.6 Å². The van der Waals surface area contributed by atoms with Gasteiger partial charge in [-0.2, -0.15) is 0 Å². The molecule has 0 aliphatic heterocycles. The minimum atomic E-state index is -1.20. The molecule has 0 aliphatic rings. The number of nitrogens with one attached hydrogen (secondary N) is 2. The summed E-state index contributed by atoms with van der Waals surface area (Å²) in [6.45, 7) is 5.74. The molecular formula is C15H20Cl2N2O2. The van der Waals surface area contributed by atoms with E-state index in [0.29, 0.717) is 22.3 Å². The number of amides is 2. The van der Waals surface area contributed by atoms with E-state index in [2.05, 4.69) is 10.6 Å². The van der Waals surface area contributed by atoms with Crippen molar-refractivity contribution in [3.8, 4) is 0 Å². The van der Waals surface area contributed by atoms with Gasteiger partial charge in [0.15, 0.2) is 0 Å². The number of carbonyl (C=O) groups excluding carboxylic acids is 2. The molecule has 0 saturated carbocycles. The fraction of sp³-hybridized carbons (Fsp3) is 0.467. The molecule has 6 heteroatoms. The van der Waals surface area contributed by atoms with Crippen molar-refractivity contribution in [2.24, 2.45) is 5.41 Å². The number of hydrogen-bond donors (Lipinski definition) is 2. The van der Waals surface area contributed by atoms with Crippen molar-refractivity contribution in [3.05, 3.63) is 28.2 Å². The number of halogens is 2. The molecule has 4 nitrogen and oxygen atoms in total. The molecule has 2 amide bonds. The summed E-state index contributed by atoms with van der Waals surface area (Å²) in [4.78, 5) is 24.4. The van der Waals surface area contributed by atoms with Gasteiger partial charge in [0.1, 0.15) is 5.41 Å². The zero-order valence-electron chi connectivity index (χ0n) is 12.4. The van der Waals surface area contributed by atoms with Crippen LogP contribution in [0.4, 0.5) is 5.69 Å². The van der Waals surface area contributed by atoms with Crippen LogP contribution in [0.3, 0.4) is 0 Å². The van der Waals surface area contributed by atoms with Crippen LogP contribution in [0.25, 0.3) is 0 Å². The molecule has 0 radical (unpaired) electrons. The van der Waals surface area contributed by atoms with E-state index in [1.165, 1.54) is 0 Å². The minimum Gasteiger partial charge on any atom is -0.355 e. The summed E-state index contributed by atoms with van der Waals surface area (Å²) < 4.78 is 0. The van der Waals surface area contributed by atoms with Crippen LogP contribution in [0.2, 0.25) is 10.0 Å². The molecule has 0 heterocycles. The molecule has 0 aromatic heterocycles. The lowest BCUT2D eigenvalue weighted by Gasteiger charge is -2.23. The van der Waals surface area contributed by atoms with Crippen LogP contribution in [0.1, 0.15) is 33.6 Å². The SMILES string of the molecule is CCCCNC(=O)C(C)(C)C(=O)Nc1cc(Cl)ccc1Cl. The van der Waals surface area contributed by atoms with Crippen molar-refractivity contribution < 1.29 is 9.59 Å². The van der Waals surface area contributed by atoms with E-state index in [-0.39, 0.29) is 5.91 Å². The maximum absolute atomic E-state index is 12.3. The predicted molar refractivity (Wildman–Crippen MR) is 86.8 cm³/mol. The maximum Gasteiger partial charge on any atom is 0.239 e. The Labute approximate surface area is 135 Å². The topological polar surface area (TPSA) is 58.2 Å². The average Bonchev–Trinajstić information content (AvgIpc) is 2.42. The van der Waals surface area contributed by atoms with Crippen LogP contribution in [0.15, 0.2) is 18.2 Å². The molecule has 0 atom stereocenters. The highest BCUT2D eigenvalue weighted by molar-refractivity contribution is 6.35. The summed E-state index contributed by atoms with van der Waals surface area (Å²) >= 11 is 11.9. The third-order valence-electron chi connectivity index (χ3n) is 3.13. The second kappa shape index (κ2) is 7.66. The van der Waals surface area contributed by atoms with Gasteiger partial charge in [0.25, 0.3) is 0 Å². The Bertz CT molecular complexity index is 530. The summed E-state index contributed by atoms with van der Waals surface area (Å²) in [5, 5.41) is 6.23. The van der Waals surface area contributed by atoms with Crippen molar-refractivity contribution in [1.82, 2.24) is 5.32 Å². The van der Waals surface area contributed by atoms with Gasteiger partial charge in [-0.15, -0.1) is 0 Å². The molecule has 1 aromatic rings. The van der Waals surface area contributed by atoms with Gasteiger partial charge < -0.3 is 10.6 Å². The molecule has 0 aliphatic carbocycles. The Morgan fingerprint density at radius 3 is 2.48 bits per heavy atom. The summed E-state index contributed by atoms with van der Waals surface area (Å²) in [6, 6.07) is 4.77. The summed E-state index contributed by atoms with van der Waals surface area (Å²) in [6.07, 6.45) is 1.86. The van der Waals surface area contributed by atoms with Gasteiger partial charge in [-0.1, -0.05) is 36.5 Å². The quantitative estimate of drug-likeness (QED) is 0.614. The zero-order valence-corrected chi connectivity index (χ0v) is 13.9. The summed E-state index contributed by atoms with van der Waals surface area (Å²) in [5.41, 5.74) is -0.803. The van der Waals surface area contributed by atoms with Gasteiger partial charge >= 0.3 is 0 Å². The molecular weight excluding hydrogens is 311 g/mol. The van der Waals surface area contributed by atoms with Gasteiger partial charge in [-0.25, -0.2) is 0 Å². The summed E-state index contributed by atoms with van der Waals surface area (Å²) in [5.74, 6) is -0.743. The first-order valence-electron chi connectivity index (χ1n) is 6.83. The highest BCUT2D eigenvalue weighted by atomic mass is 35.5. The average molecular weight is 331 g/mol. The van der Waals surface area contributed by atoms with E-state index < -0.39 is 11.3 Å². The van der Waals surface area contributed by atoms with Gasteiger partial charge in [0.05, 0.1) is 10.7 Å². The molecule has 21 heavy (non-hydrogen) atoms. The van der Waals surface area contributed by atoms with E-state index in [1.54, 1.807) is 32.0 Å². The van der Waals surface area contributed by atoms with Crippen LogP contribution < -0.4 is 10.6 Å². The molecule has 1 aromatic carbocycles. The number of benzene rings is 1. The van der Waals surface area contributed by atoms with Crippen LogP contribution in [0, 0.1) is 5.41 Å². The molecule has 1 rings (SSSR count). The normalized spacial score (nSPS) is 11.1. The lowest BCUT2D eigenvalue weighted by molar-refractivity contribution is -0.138. The fourth-order valence-electron chi connectivity index (χ4n) is 1.57. The van der Waals surface area contributed by atoms with E-state index in [9.17, 15) is 9.59 Å². The van der Waals surface area contributed by atoms with Gasteiger partial charge in [-0.05, 0) is 38.5 Å². The number of unbranched alkanes of at least 4 members (excludes halogenated alkanes) is 1. The fourth-order valence-corrected chi connectivity index (χ4v) is 1.91. The Morgan fingerprint density at radius 2 is 1.86 bits per heavy atom. The molecule has 0 fully saturated rings. The molecule has 0 saturated heterocycles. The highest BCUT2D eigenvalue weighted by Crippen LogP contribution is 2.27. The van der Waals surface area contributed by atoms with E-state index in [4.69, 9.17) is 23.2 Å². The Hall–Kier alpha value is -1.26. The van der Waals surface area contributed by atoms with E-state index in [1.807, 2.05) is 6.92 Å². The van der Waals surface area contributed by atoms with Crippen LogP contribution >= 0.6 is 23.2 Å². The molecule has 0 bridgehead atoms. The monoisotopic (exact) mass is 330 g/mol. The van der Waals surface area contributed by atoms with Crippen LogP contribution in [-0.4, -0.2) is 18.4 Å². The Balaban J connectivity index is 2.76. The summed E-state index contributed by atoms with van der Waals surface area (Å²) in [7, 11) is 0. The molecule has 0 unspecified atom stereocenters. The first-order chi connectivity index (χ1) is 9.78. The number of anilines is 1. The second-order valence-corrected chi connectivity index (χ2v) is 6.16. The van der Waals surface area contributed by atoms with Crippen molar-refractivity contribution in [2.45, 2.75) is 33.6 Å². The van der Waals surface area contributed by atoms with E-state index >= 15 is 0 Å². The standard InChI is InChI=1S/C15H20Cl2N2O2/c1-4-5-8-18-13(20)15(2,3)14(21)19-12-9-10(16)6-7-11(12)17/h6-7,9H,4-5,8H2,1-3H3,(H,18,20)(H,19,21). The predicted octanol–water partition coefficient (Wildman–Crippen LogP) is 3.87. The van der Waals surface area contributed by atoms with Gasteiger partial charge in [-0.3, -0.25) is 9.59 Å².